The predicted octanol–water partition coefficient (Wildman–Crippen LogP) is 2.47. The summed E-state index contributed by atoms with van der Waals surface area (Å²) in [5.74, 6) is 0.385. The first-order chi connectivity index (χ1) is 7.63. The molecule has 1 aromatic rings. The molecule has 0 aromatic heterocycles. The van der Waals surface area contributed by atoms with Gasteiger partial charge < -0.3 is 0 Å². The summed E-state index contributed by atoms with van der Waals surface area (Å²) in [6, 6.07) is 6.61. The first kappa shape index (κ1) is 11.3. The zero-order chi connectivity index (χ0) is 11.5. The SMILES string of the molecule is Cc1cc(C)cc(CN2CCCC(=O)C2)c1. The minimum Gasteiger partial charge on any atom is -0.298 e. The smallest absolute Gasteiger partial charge is 0.146 e. The number of piperidine rings is 1. The van der Waals surface area contributed by atoms with Crippen molar-refractivity contribution in [3.05, 3.63) is 34.9 Å². The molecule has 0 amide bonds. The van der Waals surface area contributed by atoms with Crippen LogP contribution in [0.1, 0.15) is 29.5 Å². The van der Waals surface area contributed by atoms with Crippen LogP contribution in [0.15, 0.2) is 18.2 Å². The van der Waals surface area contributed by atoms with Gasteiger partial charge in [0.05, 0.1) is 6.54 Å². The van der Waals surface area contributed by atoms with E-state index in [1.165, 1.54) is 16.7 Å². The van der Waals surface area contributed by atoms with Gasteiger partial charge in [0, 0.05) is 13.0 Å². The second kappa shape index (κ2) is 4.79. The Hall–Kier alpha value is -1.15. The normalized spacial score (nSPS) is 17.8. The molecule has 16 heavy (non-hydrogen) atoms. The second-order valence-corrected chi connectivity index (χ2v) is 4.85. The van der Waals surface area contributed by atoms with E-state index in [0.29, 0.717) is 12.3 Å². The standard InChI is InChI=1S/C14H19NO/c1-11-6-12(2)8-13(7-11)9-15-5-3-4-14(16)10-15/h6-8H,3-5,9-10H2,1-2H3. The summed E-state index contributed by atoms with van der Waals surface area (Å²) in [5.41, 5.74) is 3.93. The number of carbonyl (C=O) groups is 1. The van der Waals surface area contributed by atoms with Gasteiger partial charge in [-0.05, 0) is 32.4 Å². The number of aryl methyl sites for hydroxylation is 2. The second-order valence-electron chi connectivity index (χ2n) is 4.85. The Balaban J connectivity index is 2.05. The average Bonchev–Trinajstić information content (AvgIpc) is 2.15. The minimum atomic E-state index is 0.385. The molecule has 1 aliphatic heterocycles. The maximum Gasteiger partial charge on any atom is 0.146 e. The largest absolute Gasteiger partial charge is 0.298 e. The molecule has 0 aliphatic carbocycles. The summed E-state index contributed by atoms with van der Waals surface area (Å²) in [5, 5.41) is 0. The van der Waals surface area contributed by atoms with Crippen molar-refractivity contribution in [3.63, 3.8) is 0 Å². The van der Waals surface area contributed by atoms with Crippen LogP contribution in [0.2, 0.25) is 0 Å². The minimum absolute atomic E-state index is 0.385. The van der Waals surface area contributed by atoms with E-state index >= 15 is 0 Å². The van der Waals surface area contributed by atoms with Gasteiger partial charge in [-0.25, -0.2) is 0 Å². The molecule has 1 heterocycles. The fraction of sp³-hybridized carbons (Fsp3) is 0.500. The third-order valence-corrected chi connectivity index (χ3v) is 3.02. The molecule has 1 aromatic carbocycles. The molecular formula is C14H19NO. The Bertz CT molecular complexity index is 377. The lowest BCUT2D eigenvalue weighted by molar-refractivity contribution is -0.122. The van der Waals surface area contributed by atoms with E-state index < -0.39 is 0 Å². The highest BCUT2D eigenvalue weighted by Crippen LogP contribution is 2.14. The van der Waals surface area contributed by atoms with E-state index in [1.807, 2.05) is 0 Å². The van der Waals surface area contributed by atoms with Crippen molar-refractivity contribution in [1.82, 2.24) is 4.90 Å². The maximum absolute atomic E-state index is 11.4. The average molecular weight is 217 g/mol. The first-order valence-corrected chi connectivity index (χ1v) is 5.95. The maximum atomic E-state index is 11.4. The number of Topliss-reactive ketones (excluding diaryl/α,β-unsaturated/α-hetero) is 1. The van der Waals surface area contributed by atoms with Gasteiger partial charge in [0.2, 0.25) is 0 Å². The number of nitrogens with zero attached hydrogens (tertiary/aromatic N) is 1. The lowest BCUT2D eigenvalue weighted by Gasteiger charge is -2.25. The Morgan fingerprint density at radius 3 is 2.50 bits per heavy atom. The quantitative estimate of drug-likeness (QED) is 0.758. The first-order valence-electron chi connectivity index (χ1n) is 5.95. The molecule has 0 radical (unpaired) electrons. The molecule has 0 bridgehead atoms. The van der Waals surface area contributed by atoms with Crippen LogP contribution in [0.3, 0.4) is 0 Å². The summed E-state index contributed by atoms with van der Waals surface area (Å²) in [7, 11) is 0. The number of rotatable bonds is 2. The van der Waals surface area contributed by atoms with E-state index in [2.05, 4.69) is 36.9 Å². The number of hydrogen-bond donors (Lipinski definition) is 0. The van der Waals surface area contributed by atoms with Crippen LogP contribution in [0.25, 0.3) is 0 Å². The van der Waals surface area contributed by atoms with Crippen molar-refractivity contribution in [3.8, 4) is 0 Å². The molecular weight excluding hydrogens is 198 g/mol. The number of carbonyl (C=O) groups excluding carboxylic acids is 1. The molecule has 0 spiro atoms. The molecule has 1 aliphatic rings. The van der Waals surface area contributed by atoms with E-state index in [4.69, 9.17) is 0 Å². The lowest BCUT2D eigenvalue weighted by Crippen LogP contribution is -2.34. The number of likely N-dealkylation sites (tertiary alicyclic amines) is 1. The van der Waals surface area contributed by atoms with Crippen LogP contribution in [-0.2, 0) is 11.3 Å². The molecule has 0 unspecified atom stereocenters. The van der Waals surface area contributed by atoms with Crippen molar-refractivity contribution in [2.45, 2.75) is 33.2 Å². The van der Waals surface area contributed by atoms with Crippen LogP contribution in [0.5, 0.6) is 0 Å². The molecule has 2 rings (SSSR count). The Morgan fingerprint density at radius 2 is 1.88 bits per heavy atom. The summed E-state index contributed by atoms with van der Waals surface area (Å²) >= 11 is 0. The summed E-state index contributed by atoms with van der Waals surface area (Å²) in [6.07, 6.45) is 1.78. The molecule has 0 saturated carbocycles. The van der Waals surface area contributed by atoms with E-state index in [9.17, 15) is 4.79 Å². The third kappa shape index (κ3) is 2.92. The molecule has 0 N–H and O–H groups in total. The predicted molar refractivity (Wildman–Crippen MR) is 65.4 cm³/mol. The van der Waals surface area contributed by atoms with Gasteiger partial charge in [-0.2, -0.15) is 0 Å². The van der Waals surface area contributed by atoms with Gasteiger partial charge in [-0.3, -0.25) is 9.69 Å². The highest BCUT2D eigenvalue weighted by Gasteiger charge is 2.16. The van der Waals surface area contributed by atoms with Crippen molar-refractivity contribution in [1.29, 1.82) is 0 Å². The molecule has 1 saturated heterocycles. The van der Waals surface area contributed by atoms with Crippen molar-refractivity contribution >= 4 is 5.78 Å². The Morgan fingerprint density at radius 1 is 1.19 bits per heavy atom. The van der Waals surface area contributed by atoms with Gasteiger partial charge in [0.25, 0.3) is 0 Å². The lowest BCUT2D eigenvalue weighted by atomic mass is 10.1. The zero-order valence-corrected chi connectivity index (χ0v) is 10.1. The molecule has 2 nitrogen and oxygen atoms in total. The van der Waals surface area contributed by atoms with Crippen LogP contribution in [0, 0.1) is 13.8 Å². The van der Waals surface area contributed by atoms with Gasteiger partial charge in [-0.1, -0.05) is 29.3 Å². The van der Waals surface area contributed by atoms with Crippen LogP contribution in [-0.4, -0.2) is 23.8 Å². The molecule has 86 valence electrons. The topological polar surface area (TPSA) is 20.3 Å². The van der Waals surface area contributed by atoms with Gasteiger partial charge >= 0.3 is 0 Å². The van der Waals surface area contributed by atoms with Gasteiger partial charge in [-0.15, -0.1) is 0 Å². The van der Waals surface area contributed by atoms with Crippen LogP contribution in [0.4, 0.5) is 0 Å². The highest BCUT2D eigenvalue weighted by atomic mass is 16.1. The molecule has 1 fully saturated rings. The summed E-state index contributed by atoms with van der Waals surface area (Å²) in [4.78, 5) is 13.6. The number of hydrogen-bond acceptors (Lipinski definition) is 2. The number of ketones is 1. The van der Waals surface area contributed by atoms with E-state index in [1.54, 1.807) is 0 Å². The van der Waals surface area contributed by atoms with Crippen LogP contribution >= 0.6 is 0 Å². The highest BCUT2D eigenvalue weighted by molar-refractivity contribution is 5.81. The van der Waals surface area contributed by atoms with Crippen molar-refractivity contribution in [2.75, 3.05) is 13.1 Å². The summed E-state index contributed by atoms with van der Waals surface area (Å²) < 4.78 is 0. The van der Waals surface area contributed by atoms with Crippen molar-refractivity contribution in [2.24, 2.45) is 0 Å². The summed E-state index contributed by atoms with van der Waals surface area (Å²) in [6.45, 7) is 6.84. The van der Waals surface area contributed by atoms with E-state index in [0.717, 1.165) is 25.9 Å². The van der Waals surface area contributed by atoms with Gasteiger partial charge in [0.15, 0.2) is 0 Å². The monoisotopic (exact) mass is 217 g/mol. The Labute approximate surface area is 97.3 Å². The van der Waals surface area contributed by atoms with Gasteiger partial charge in [0.1, 0.15) is 5.78 Å². The fourth-order valence-corrected chi connectivity index (χ4v) is 2.46. The zero-order valence-electron chi connectivity index (χ0n) is 10.1. The van der Waals surface area contributed by atoms with Crippen molar-refractivity contribution < 1.29 is 4.79 Å². The Kier molecular flexibility index (Phi) is 3.39. The molecule has 0 atom stereocenters. The molecule has 2 heteroatoms. The third-order valence-electron chi connectivity index (χ3n) is 3.02. The fourth-order valence-electron chi connectivity index (χ4n) is 2.46. The van der Waals surface area contributed by atoms with Crippen LogP contribution < -0.4 is 0 Å². The van der Waals surface area contributed by atoms with E-state index in [-0.39, 0.29) is 0 Å². The number of benzene rings is 1.